The third-order valence-electron chi connectivity index (χ3n) is 3.19. The second-order valence-electron chi connectivity index (χ2n) is 5.70. The summed E-state index contributed by atoms with van der Waals surface area (Å²) in [6.45, 7) is 4.24. The molecule has 5 heteroatoms. The fourth-order valence-electron chi connectivity index (χ4n) is 2.14. The first-order valence-corrected chi connectivity index (χ1v) is 8.94. The summed E-state index contributed by atoms with van der Waals surface area (Å²) < 4.78 is 26.7. The second kappa shape index (κ2) is 7.33. The lowest BCUT2D eigenvalue weighted by Gasteiger charge is -2.24. The third-order valence-corrected chi connectivity index (χ3v) is 4.64. The van der Waals surface area contributed by atoms with Crippen LogP contribution in [0.15, 0.2) is 60.0 Å². The molecule has 0 saturated heterocycles. The predicted molar refractivity (Wildman–Crippen MR) is 94.7 cm³/mol. The molecule has 0 atom stereocenters. The Balaban J connectivity index is 2.35. The van der Waals surface area contributed by atoms with Crippen molar-refractivity contribution in [3.05, 3.63) is 65.6 Å². The van der Waals surface area contributed by atoms with Crippen LogP contribution in [-0.2, 0) is 10.0 Å². The SMILES string of the molecule is CC(C)CN(c1cccc(O)c1)S(=O)(=O)C=Cc1ccccc1. The average Bonchev–Trinajstić information content (AvgIpc) is 2.51. The first-order chi connectivity index (χ1) is 10.9. The van der Waals surface area contributed by atoms with E-state index < -0.39 is 10.0 Å². The van der Waals surface area contributed by atoms with Gasteiger partial charge in [0.25, 0.3) is 10.0 Å². The van der Waals surface area contributed by atoms with Gasteiger partial charge in [0.15, 0.2) is 0 Å². The van der Waals surface area contributed by atoms with Crippen molar-refractivity contribution in [2.45, 2.75) is 13.8 Å². The lowest BCUT2D eigenvalue weighted by molar-refractivity contribution is 0.475. The van der Waals surface area contributed by atoms with Crippen molar-refractivity contribution >= 4 is 21.8 Å². The van der Waals surface area contributed by atoms with E-state index in [1.54, 1.807) is 18.2 Å². The summed E-state index contributed by atoms with van der Waals surface area (Å²) >= 11 is 0. The highest BCUT2D eigenvalue weighted by Crippen LogP contribution is 2.24. The van der Waals surface area contributed by atoms with E-state index in [9.17, 15) is 13.5 Å². The van der Waals surface area contributed by atoms with E-state index in [1.165, 1.54) is 21.8 Å². The molecule has 0 bridgehead atoms. The van der Waals surface area contributed by atoms with Gasteiger partial charge in [-0.2, -0.15) is 0 Å². The molecule has 0 heterocycles. The minimum absolute atomic E-state index is 0.0403. The van der Waals surface area contributed by atoms with Crippen LogP contribution in [0.2, 0.25) is 0 Å². The van der Waals surface area contributed by atoms with Gasteiger partial charge in [-0.1, -0.05) is 50.2 Å². The largest absolute Gasteiger partial charge is 0.508 e. The molecule has 0 aliphatic rings. The number of phenolic OH excluding ortho intramolecular Hbond substituents is 1. The van der Waals surface area contributed by atoms with E-state index in [2.05, 4.69) is 0 Å². The molecule has 23 heavy (non-hydrogen) atoms. The molecule has 0 amide bonds. The van der Waals surface area contributed by atoms with Crippen molar-refractivity contribution in [3.8, 4) is 5.75 Å². The van der Waals surface area contributed by atoms with Crippen molar-refractivity contribution < 1.29 is 13.5 Å². The molecule has 2 aromatic carbocycles. The van der Waals surface area contributed by atoms with Gasteiger partial charge in [0.1, 0.15) is 5.75 Å². The van der Waals surface area contributed by atoms with Crippen LogP contribution in [0, 0.1) is 5.92 Å². The first kappa shape index (κ1) is 17.1. The van der Waals surface area contributed by atoms with Gasteiger partial charge in [-0.25, -0.2) is 8.42 Å². The van der Waals surface area contributed by atoms with E-state index in [4.69, 9.17) is 0 Å². The maximum Gasteiger partial charge on any atom is 0.257 e. The molecule has 0 radical (unpaired) electrons. The second-order valence-corrected chi connectivity index (χ2v) is 7.45. The molecule has 0 aliphatic heterocycles. The summed E-state index contributed by atoms with van der Waals surface area (Å²) in [5.74, 6) is 0.191. The van der Waals surface area contributed by atoms with E-state index in [1.807, 2.05) is 44.2 Å². The maximum atomic E-state index is 12.7. The molecular formula is C18H21NO3S. The van der Waals surface area contributed by atoms with E-state index >= 15 is 0 Å². The highest BCUT2D eigenvalue weighted by Gasteiger charge is 2.21. The Morgan fingerprint density at radius 2 is 1.78 bits per heavy atom. The maximum absolute atomic E-state index is 12.7. The summed E-state index contributed by atoms with van der Waals surface area (Å²) in [7, 11) is -3.64. The zero-order chi connectivity index (χ0) is 16.9. The summed E-state index contributed by atoms with van der Waals surface area (Å²) in [6, 6.07) is 15.6. The van der Waals surface area contributed by atoms with Crippen molar-refractivity contribution in [2.75, 3.05) is 10.8 Å². The number of rotatable bonds is 6. The minimum Gasteiger partial charge on any atom is -0.508 e. The van der Waals surface area contributed by atoms with E-state index in [0.29, 0.717) is 12.2 Å². The molecule has 0 aromatic heterocycles. The average molecular weight is 331 g/mol. The third kappa shape index (κ3) is 4.86. The summed E-state index contributed by atoms with van der Waals surface area (Å²) in [5.41, 5.74) is 1.27. The zero-order valence-electron chi connectivity index (χ0n) is 13.3. The number of nitrogens with zero attached hydrogens (tertiary/aromatic N) is 1. The quantitative estimate of drug-likeness (QED) is 0.874. The fourth-order valence-corrected chi connectivity index (χ4v) is 3.53. The monoisotopic (exact) mass is 331 g/mol. The van der Waals surface area contributed by atoms with Crippen LogP contribution in [0.3, 0.4) is 0 Å². The van der Waals surface area contributed by atoms with Crippen LogP contribution >= 0.6 is 0 Å². The van der Waals surface area contributed by atoms with Crippen LogP contribution in [0.4, 0.5) is 5.69 Å². The summed E-state index contributed by atoms with van der Waals surface area (Å²) in [5, 5.41) is 10.8. The molecule has 0 aliphatic carbocycles. The Hall–Kier alpha value is -2.27. The zero-order valence-corrected chi connectivity index (χ0v) is 14.1. The molecule has 122 valence electrons. The molecule has 0 spiro atoms. The van der Waals surface area contributed by atoms with E-state index in [0.717, 1.165) is 5.56 Å². The van der Waals surface area contributed by atoms with Crippen molar-refractivity contribution in [2.24, 2.45) is 5.92 Å². The van der Waals surface area contributed by atoms with Crippen molar-refractivity contribution in [3.63, 3.8) is 0 Å². The fraction of sp³-hybridized carbons (Fsp3) is 0.222. The summed E-state index contributed by atoms with van der Waals surface area (Å²) in [6.07, 6.45) is 1.57. The van der Waals surface area contributed by atoms with Crippen LogP contribution in [0.1, 0.15) is 19.4 Å². The number of benzene rings is 2. The Labute approximate surface area is 137 Å². The standard InChI is InChI=1S/C18H21NO3S/c1-15(2)14-19(17-9-6-10-18(20)13-17)23(21,22)12-11-16-7-4-3-5-8-16/h3-13,15,20H,14H2,1-2H3. The highest BCUT2D eigenvalue weighted by molar-refractivity contribution is 7.95. The van der Waals surface area contributed by atoms with Gasteiger partial charge in [0.05, 0.1) is 11.1 Å². The Kier molecular flexibility index (Phi) is 5.45. The summed E-state index contributed by atoms with van der Waals surface area (Å²) in [4.78, 5) is 0. The van der Waals surface area contributed by atoms with Gasteiger partial charge in [-0.15, -0.1) is 0 Å². The molecule has 2 rings (SSSR count). The van der Waals surface area contributed by atoms with Crippen molar-refractivity contribution in [1.29, 1.82) is 0 Å². The highest BCUT2D eigenvalue weighted by atomic mass is 32.2. The van der Waals surface area contributed by atoms with E-state index in [-0.39, 0.29) is 11.7 Å². The smallest absolute Gasteiger partial charge is 0.257 e. The normalized spacial score (nSPS) is 12.0. The molecule has 0 unspecified atom stereocenters. The van der Waals surface area contributed by atoms with Crippen LogP contribution in [0.25, 0.3) is 6.08 Å². The number of anilines is 1. The van der Waals surface area contributed by atoms with Crippen LogP contribution in [-0.4, -0.2) is 20.1 Å². The number of phenols is 1. The molecule has 0 fully saturated rings. The Bertz CT molecular complexity index is 768. The number of aromatic hydroxyl groups is 1. The lowest BCUT2D eigenvalue weighted by Crippen LogP contribution is -2.32. The molecular weight excluding hydrogens is 310 g/mol. The Morgan fingerprint density at radius 1 is 1.09 bits per heavy atom. The van der Waals surface area contributed by atoms with Gasteiger partial charge in [0.2, 0.25) is 0 Å². The van der Waals surface area contributed by atoms with Gasteiger partial charge >= 0.3 is 0 Å². The predicted octanol–water partition coefficient (Wildman–Crippen LogP) is 3.86. The van der Waals surface area contributed by atoms with Crippen LogP contribution < -0.4 is 4.31 Å². The molecule has 0 saturated carbocycles. The first-order valence-electron chi connectivity index (χ1n) is 7.43. The van der Waals surface area contributed by atoms with Crippen molar-refractivity contribution in [1.82, 2.24) is 0 Å². The van der Waals surface area contributed by atoms with Gasteiger partial charge < -0.3 is 5.11 Å². The molecule has 1 N–H and O–H groups in total. The number of hydrogen-bond donors (Lipinski definition) is 1. The molecule has 4 nitrogen and oxygen atoms in total. The van der Waals surface area contributed by atoms with Crippen LogP contribution in [0.5, 0.6) is 5.75 Å². The minimum atomic E-state index is -3.64. The topological polar surface area (TPSA) is 57.6 Å². The number of sulfonamides is 1. The van der Waals surface area contributed by atoms with Gasteiger partial charge in [-0.05, 0) is 29.7 Å². The lowest BCUT2D eigenvalue weighted by atomic mass is 10.2. The van der Waals surface area contributed by atoms with Gasteiger partial charge in [0, 0.05) is 12.6 Å². The molecule has 2 aromatic rings. The number of hydrogen-bond acceptors (Lipinski definition) is 3. The Morgan fingerprint density at radius 3 is 2.39 bits per heavy atom. The van der Waals surface area contributed by atoms with Gasteiger partial charge in [-0.3, -0.25) is 4.31 Å².